The first-order valence-corrected chi connectivity index (χ1v) is 9.40. The molecular weight excluding hydrogens is 392 g/mol. The van der Waals surface area contributed by atoms with Crippen LogP contribution in [0, 0.1) is 0 Å². The molecule has 2 rings (SSSR count). The van der Waals surface area contributed by atoms with Gasteiger partial charge in [-0.25, -0.2) is 9.59 Å². The molecule has 162 valence electrons. The third-order valence-corrected chi connectivity index (χ3v) is 3.94. The molecule has 9 nitrogen and oxygen atoms in total. The number of carbonyl (C=O) groups excluding carboxylic acids is 4. The lowest BCUT2D eigenvalue weighted by molar-refractivity contribution is -0.147. The van der Waals surface area contributed by atoms with Crippen molar-refractivity contribution < 1.29 is 33.4 Å². The van der Waals surface area contributed by atoms with Gasteiger partial charge in [0, 0.05) is 6.92 Å². The molecule has 0 fully saturated rings. The summed E-state index contributed by atoms with van der Waals surface area (Å²) in [5.74, 6) is -1.48. The van der Waals surface area contributed by atoms with Crippen molar-refractivity contribution in [1.82, 2.24) is 10.6 Å². The van der Waals surface area contributed by atoms with Crippen molar-refractivity contribution in [1.29, 1.82) is 0 Å². The number of esters is 1. The Morgan fingerprint density at radius 2 is 1.80 bits per heavy atom. The Balaban J connectivity index is 2.20. The highest BCUT2D eigenvalue weighted by Gasteiger charge is 2.39. The van der Waals surface area contributed by atoms with Gasteiger partial charge in [-0.15, -0.1) is 0 Å². The summed E-state index contributed by atoms with van der Waals surface area (Å²) in [5.41, 5.74) is 0.0120. The van der Waals surface area contributed by atoms with Crippen LogP contribution in [0.4, 0.5) is 4.79 Å². The van der Waals surface area contributed by atoms with Crippen LogP contribution in [0.3, 0.4) is 0 Å². The van der Waals surface area contributed by atoms with Crippen LogP contribution < -0.4 is 10.6 Å². The summed E-state index contributed by atoms with van der Waals surface area (Å²) in [7, 11) is 0. The van der Waals surface area contributed by atoms with Crippen molar-refractivity contribution in [2.75, 3.05) is 0 Å². The molecule has 0 aliphatic carbocycles. The van der Waals surface area contributed by atoms with E-state index in [4.69, 9.17) is 14.2 Å². The second-order valence-electron chi connectivity index (χ2n) is 7.71. The number of amides is 2. The maximum Gasteiger partial charge on any atom is 0.408 e. The molecule has 1 heterocycles. The molecule has 2 N–H and O–H groups in total. The fraction of sp³-hybridized carbons (Fsp3) is 0.429. The Hall–Kier alpha value is -3.36. The zero-order valence-corrected chi connectivity index (χ0v) is 17.3. The molecule has 0 bridgehead atoms. The summed E-state index contributed by atoms with van der Waals surface area (Å²) < 4.78 is 15.9. The van der Waals surface area contributed by atoms with Gasteiger partial charge in [-0.05, 0) is 32.4 Å². The molecule has 1 aromatic carbocycles. The van der Waals surface area contributed by atoms with Crippen LogP contribution in [-0.4, -0.2) is 48.0 Å². The van der Waals surface area contributed by atoms with Crippen LogP contribution in [-0.2, 0) is 35.2 Å². The van der Waals surface area contributed by atoms with Crippen LogP contribution in [0.1, 0.15) is 33.3 Å². The van der Waals surface area contributed by atoms with E-state index in [9.17, 15) is 19.2 Å². The number of alkyl carbamates (subject to hydrolysis) is 1. The fourth-order valence-electron chi connectivity index (χ4n) is 2.73. The van der Waals surface area contributed by atoms with Crippen LogP contribution in [0.15, 0.2) is 42.2 Å². The molecule has 0 radical (unpaired) electrons. The highest BCUT2D eigenvalue weighted by Crippen LogP contribution is 2.20. The van der Waals surface area contributed by atoms with Gasteiger partial charge in [0.2, 0.25) is 11.7 Å². The van der Waals surface area contributed by atoms with E-state index in [0.29, 0.717) is 6.29 Å². The van der Waals surface area contributed by atoms with Crippen molar-refractivity contribution in [2.45, 2.75) is 58.1 Å². The van der Waals surface area contributed by atoms with Gasteiger partial charge in [0.1, 0.15) is 12.2 Å². The molecule has 0 saturated heterocycles. The summed E-state index contributed by atoms with van der Waals surface area (Å²) in [6, 6.07) is 7.16. The second kappa shape index (κ2) is 9.91. The van der Waals surface area contributed by atoms with E-state index in [1.165, 1.54) is 13.0 Å². The summed E-state index contributed by atoms with van der Waals surface area (Å²) >= 11 is 0. The van der Waals surface area contributed by atoms with Crippen LogP contribution in [0.25, 0.3) is 0 Å². The minimum absolute atomic E-state index is 0.00537. The standard InChI is InChI=1S/C21H26N2O7/c1-13(25)22-18-15(23-20(27)30-21(2,3)4)10-16(29-17(18)11-24)19(26)28-12-14-8-6-5-7-9-14/h5-11,15,17-18H,12H2,1-4H3,(H,22,25)(H,23,27)/t15-,17-,18+/m0/s1. The molecule has 1 aliphatic heterocycles. The summed E-state index contributed by atoms with van der Waals surface area (Å²) in [5, 5.41) is 5.11. The van der Waals surface area contributed by atoms with Crippen molar-refractivity contribution in [2.24, 2.45) is 0 Å². The lowest BCUT2D eigenvalue weighted by Crippen LogP contribution is -2.59. The minimum Gasteiger partial charge on any atom is -0.473 e. The number of nitrogens with one attached hydrogen (secondary N) is 2. The molecule has 0 spiro atoms. The molecular formula is C21H26N2O7. The zero-order chi connectivity index (χ0) is 22.3. The van der Waals surface area contributed by atoms with Gasteiger partial charge in [0.05, 0.1) is 12.1 Å². The largest absolute Gasteiger partial charge is 0.473 e. The minimum atomic E-state index is -1.21. The smallest absolute Gasteiger partial charge is 0.408 e. The first kappa shape index (κ1) is 22.9. The summed E-state index contributed by atoms with van der Waals surface area (Å²) in [6.07, 6.45) is -0.250. The zero-order valence-electron chi connectivity index (χ0n) is 17.3. The summed E-state index contributed by atoms with van der Waals surface area (Å²) in [6.45, 7) is 6.35. The lowest BCUT2D eigenvalue weighted by atomic mass is 9.99. The SMILES string of the molecule is CC(=O)N[C@@H]1[C@@H](NC(=O)OC(C)(C)C)C=C(C(=O)OCc2ccccc2)O[C@H]1C=O. The first-order valence-electron chi connectivity index (χ1n) is 9.40. The molecule has 0 unspecified atom stereocenters. The van der Waals surface area contributed by atoms with Crippen molar-refractivity contribution in [3.63, 3.8) is 0 Å². The average Bonchev–Trinajstić information content (AvgIpc) is 2.66. The van der Waals surface area contributed by atoms with Gasteiger partial charge in [0.15, 0.2) is 12.4 Å². The van der Waals surface area contributed by atoms with E-state index in [1.54, 1.807) is 45.0 Å². The number of benzene rings is 1. The third-order valence-electron chi connectivity index (χ3n) is 3.94. The fourth-order valence-corrected chi connectivity index (χ4v) is 2.73. The monoisotopic (exact) mass is 418 g/mol. The average molecular weight is 418 g/mol. The van der Waals surface area contributed by atoms with E-state index in [1.807, 2.05) is 6.07 Å². The molecule has 1 aromatic rings. The van der Waals surface area contributed by atoms with E-state index < -0.39 is 41.8 Å². The van der Waals surface area contributed by atoms with E-state index in [0.717, 1.165) is 5.56 Å². The van der Waals surface area contributed by atoms with Gasteiger partial charge in [0.25, 0.3) is 0 Å². The van der Waals surface area contributed by atoms with E-state index in [-0.39, 0.29) is 12.4 Å². The molecule has 9 heteroatoms. The van der Waals surface area contributed by atoms with Crippen molar-refractivity contribution in [3.8, 4) is 0 Å². The van der Waals surface area contributed by atoms with Crippen molar-refractivity contribution >= 4 is 24.3 Å². The predicted octanol–water partition coefficient (Wildman–Crippen LogP) is 1.61. The highest BCUT2D eigenvalue weighted by molar-refractivity contribution is 5.87. The maximum atomic E-state index is 12.5. The van der Waals surface area contributed by atoms with Gasteiger partial charge < -0.3 is 24.8 Å². The molecule has 2 amide bonds. The maximum absolute atomic E-state index is 12.5. The Bertz CT molecular complexity index is 814. The molecule has 0 aromatic heterocycles. The predicted molar refractivity (Wildman–Crippen MR) is 106 cm³/mol. The number of aldehydes is 1. The Kier molecular flexibility index (Phi) is 7.57. The third kappa shape index (κ3) is 6.91. The number of ether oxygens (including phenoxy) is 3. The Labute approximate surface area is 174 Å². The van der Waals surface area contributed by atoms with Gasteiger partial charge >= 0.3 is 12.1 Å². The lowest BCUT2D eigenvalue weighted by Gasteiger charge is -2.35. The number of carbonyl (C=O) groups is 4. The van der Waals surface area contributed by atoms with E-state index >= 15 is 0 Å². The van der Waals surface area contributed by atoms with E-state index in [2.05, 4.69) is 10.6 Å². The Morgan fingerprint density at radius 3 is 2.37 bits per heavy atom. The van der Waals surface area contributed by atoms with Crippen LogP contribution in [0.5, 0.6) is 0 Å². The molecule has 0 saturated carbocycles. The summed E-state index contributed by atoms with van der Waals surface area (Å²) in [4.78, 5) is 47.8. The highest BCUT2D eigenvalue weighted by atomic mass is 16.6. The normalized spacial score (nSPS) is 20.8. The molecule has 3 atom stereocenters. The second-order valence-corrected chi connectivity index (χ2v) is 7.71. The number of hydrogen-bond donors (Lipinski definition) is 2. The molecule has 1 aliphatic rings. The van der Waals surface area contributed by atoms with Crippen LogP contribution >= 0.6 is 0 Å². The van der Waals surface area contributed by atoms with Gasteiger partial charge in [-0.3, -0.25) is 9.59 Å². The van der Waals surface area contributed by atoms with Gasteiger partial charge in [-0.1, -0.05) is 30.3 Å². The Morgan fingerprint density at radius 1 is 1.13 bits per heavy atom. The number of hydrogen-bond acceptors (Lipinski definition) is 7. The quantitative estimate of drug-likeness (QED) is 0.532. The first-order chi connectivity index (χ1) is 14.1. The topological polar surface area (TPSA) is 120 Å². The molecule has 30 heavy (non-hydrogen) atoms. The van der Waals surface area contributed by atoms with Gasteiger partial charge in [-0.2, -0.15) is 0 Å². The van der Waals surface area contributed by atoms with Crippen molar-refractivity contribution in [3.05, 3.63) is 47.7 Å². The van der Waals surface area contributed by atoms with Crippen LogP contribution in [0.2, 0.25) is 0 Å². The number of rotatable bonds is 6.